The smallest absolute Gasteiger partial charge is 0.414 e. The molecule has 2 aliphatic heterocycles. The fourth-order valence-electron chi connectivity index (χ4n) is 3.88. The second-order valence-electron chi connectivity index (χ2n) is 8.04. The van der Waals surface area contributed by atoms with Crippen molar-refractivity contribution in [1.82, 2.24) is 10.2 Å². The Morgan fingerprint density at radius 1 is 1.22 bits per heavy atom. The van der Waals surface area contributed by atoms with Gasteiger partial charge in [-0.3, -0.25) is 14.6 Å². The molecule has 2 aliphatic rings. The molecule has 0 radical (unpaired) electrons. The third kappa shape index (κ3) is 5.40. The highest BCUT2D eigenvalue weighted by Crippen LogP contribution is 2.29. The van der Waals surface area contributed by atoms with Crippen LogP contribution in [0.25, 0.3) is 11.1 Å². The maximum Gasteiger partial charge on any atom is 0.414 e. The van der Waals surface area contributed by atoms with Crippen molar-refractivity contribution in [1.29, 1.82) is 0 Å². The van der Waals surface area contributed by atoms with E-state index in [4.69, 9.17) is 4.74 Å². The Morgan fingerprint density at radius 3 is 2.59 bits per heavy atom. The Labute approximate surface area is 189 Å². The van der Waals surface area contributed by atoms with Crippen LogP contribution in [0.4, 0.5) is 14.9 Å². The van der Waals surface area contributed by atoms with Crippen LogP contribution in [0.5, 0.6) is 0 Å². The van der Waals surface area contributed by atoms with Crippen LogP contribution in [0.1, 0.15) is 12.5 Å². The minimum Gasteiger partial charge on any atom is -0.616 e. The summed E-state index contributed by atoms with van der Waals surface area (Å²) in [6.45, 7) is 4.31. The molecule has 0 saturated carbocycles. The Balaban J connectivity index is 1.41. The standard InChI is InChI=1S/C23H26FN3O4S/c1-16(28)25-13-20-15-27(23(29)31-20)19-6-7-21(22(24)12-19)18-4-2-17(3-5-18)14-26-8-10-32(30)11-9-26/h2-7,12,20H,8-11,13-15H2,1H3,(H,25,28)/t20-/m0/s1. The van der Waals surface area contributed by atoms with Gasteiger partial charge >= 0.3 is 6.09 Å². The maximum absolute atomic E-state index is 14.9. The Kier molecular flexibility index (Phi) is 6.98. The number of hydrogen-bond acceptors (Lipinski definition) is 5. The van der Waals surface area contributed by atoms with E-state index in [2.05, 4.69) is 10.2 Å². The molecule has 2 amide bonds. The molecule has 1 atom stereocenters. The number of halogens is 1. The van der Waals surface area contributed by atoms with E-state index < -0.39 is 29.2 Å². The quantitative estimate of drug-likeness (QED) is 0.671. The fraction of sp³-hybridized carbons (Fsp3) is 0.391. The SMILES string of the molecule is CC(=O)NC[C@H]1CN(c2ccc(-c3ccc(CN4CC[S+]([O-])CC4)cc3)c(F)c2)C(=O)O1. The van der Waals surface area contributed by atoms with Gasteiger partial charge in [0.1, 0.15) is 23.4 Å². The number of nitrogens with zero attached hydrogens (tertiary/aromatic N) is 2. The number of carbonyl (C=O) groups is 2. The van der Waals surface area contributed by atoms with Crippen LogP contribution < -0.4 is 10.2 Å². The van der Waals surface area contributed by atoms with Crippen LogP contribution in [-0.4, -0.2) is 65.2 Å². The first-order chi connectivity index (χ1) is 15.4. The lowest BCUT2D eigenvalue weighted by atomic mass is 10.0. The number of rotatable bonds is 6. The highest BCUT2D eigenvalue weighted by Gasteiger charge is 2.32. The lowest BCUT2D eigenvalue weighted by Crippen LogP contribution is -2.39. The molecule has 2 aromatic rings. The van der Waals surface area contributed by atoms with E-state index >= 15 is 0 Å². The Morgan fingerprint density at radius 2 is 1.94 bits per heavy atom. The van der Waals surface area contributed by atoms with Crippen LogP contribution >= 0.6 is 0 Å². The minimum atomic E-state index is -0.693. The molecule has 1 N–H and O–H groups in total. The van der Waals surface area contributed by atoms with Gasteiger partial charge in [-0.2, -0.15) is 0 Å². The number of cyclic esters (lactones) is 1. The zero-order valence-corrected chi connectivity index (χ0v) is 18.7. The highest BCUT2D eigenvalue weighted by molar-refractivity contribution is 7.91. The predicted octanol–water partition coefficient (Wildman–Crippen LogP) is 2.52. The summed E-state index contributed by atoms with van der Waals surface area (Å²) in [5.41, 5.74) is 2.75. The third-order valence-corrected chi connectivity index (χ3v) is 6.93. The van der Waals surface area contributed by atoms with E-state index in [1.165, 1.54) is 17.9 Å². The first-order valence-electron chi connectivity index (χ1n) is 10.6. The van der Waals surface area contributed by atoms with Gasteiger partial charge in [0.2, 0.25) is 5.91 Å². The molecule has 9 heteroatoms. The first kappa shape index (κ1) is 22.6. The normalized spacial score (nSPS) is 19.8. The molecule has 7 nitrogen and oxygen atoms in total. The Hall–Kier alpha value is -2.62. The van der Waals surface area contributed by atoms with Crippen molar-refractivity contribution in [2.75, 3.05) is 42.6 Å². The summed E-state index contributed by atoms with van der Waals surface area (Å²) < 4.78 is 31.6. The summed E-state index contributed by atoms with van der Waals surface area (Å²) in [6.07, 6.45) is -1.03. The number of nitrogens with one attached hydrogen (secondary N) is 1. The lowest BCUT2D eigenvalue weighted by molar-refractivity contribution is -0.119. The van der Waals surface area contributed by atoms with Gasteiger partial charge in [0.05, 0.1) is 18.8 Å². The summed E-state index contributed by atoms with van der Waals surface area (Å²) >= 11 is -0.693. The summed E-state index contributed by atoms with van der Waals surface area (Å²) in [5.74, 6) is 0.808. The van der Waals surface area contributed by atoms with Gasteiger partial charge in [0, 0.05) is 32.1 Å². The van der Waals surface area contributed by atoms with Crippen LogP contribution in [0.2, 0.25) is 0 Å². The summed E-state index contributed by atoms with van der Waals surface area (Å²) in [4.78, 5) is 26.9. The molecule has 0 spiro atoms. The summed E-state index contributed by atoms with van der Waals surface area (Å²) in [7, 11) is 0. The molecule has 0 aliphatic carbocycles. The van der Waals surface area contributed by atoms with E-state index in [0.717, 1.165) is 30.8 Å². The largest absolute Gasteiger partial charge is 0.616 e. The van der Waals surface area contributed by atoms with Crippen molar-refractivity contribution in [3.05, 3.63) is 53.8 Å². The average molecular weight is 460 g/mol. The molecule has 2 saturated heterocycles. The maximum atomic E-state index is 14.9. The molecular weight excluding hydrogens is 433 g/mol. The zero-order chi connectivity index (χ0) is 22.7. The monoisotopic (exact) mass is 459 g/mol. The first-order valence-corrected chi connectivity index (χ1v) is 12.1. The third-order valence-electron chi connectivity index (χ3n) is 5.66. The number of amides is 2. The lowest BCUT2D eigenvalue weighted by Gasteiger charge is -2.28. The van der Waals surface area contributed by atoms with E-state index in [-0.39, 0.29) is 19.0 Å². The number of anilines is 1. The predicted molar refractivity (Wildman–Crippen MR) is 121 cm³/mol. The van der Waals surface area contributed by atoms with Crippen molar-refractivity contribution in [3.8, 4) is 11.1 Å². The molecule has 4 rings (SSSR count). The van der Waals surface area contributed by atoms with E-state index in [0.29, 0.717) is 22.8 Å². The molecule has 2 fully saturated rings. The topological polar surface area (TPSA) is 84.9 Å². The summed E-state index contributed by atoms with van der Waals surface area (Å²) in [5, 5.41) is 2.62. The summed E-state index contributed by atoms with van der Waals surface area (Å²) in [6, 6.07) is 12.4. The molecule has 2 heterocycles. The van der Waals surface area contributed by atoms with Gasteiger partial charge in [-0.05, 0) is 29.3 Å². The second-order valence-corrected chi connectivity index (χ2v) is 9.73. The van der Waals surface area contributed by atoms with Gasteiger partial charge in [0.25, 0.3) is 0 Å². The van der Waals surface area contributed by atoms with E-state index in [1.807, 2.05) is 24.3 Å². The molecule has 32 heavy (non-hydrogen) atoms. The Bertz CT molecular complexity index is 980. The average Bonchev–Trinajstić information content (AvgIpc) is 3.15. The second kappa shape index (κ2) is 9.89. The van der Waals surface area contributed by atoms with Crippen LogP contribution in [-0.2, 0) is 27.3 Å². The number of hydrogen-bond donors (Lipinski definition) is 1. The number of carbonyl (C=O) groups excluding carboxylic acids is 2. The van der Waals surface area contributed by atoms with Gasteiger partial charge in [-0.1, -0.05) is 35.4 Å². The minimum absolute atomic E-state index is 0.201. The molecular formula is C23H26FN3O4S. The number of benzene rings is 2. The van der Waals surface area contributed by atoms with Crippen LogP contribution in [0, 0.1) is 5.82 Å². The van der Waals surface area contributed by atoms with Crippen molar-refractivity contribution < 1.29 is 23.3 Å². The van der Waals surface area contributed by atoms with Crippen molar-refractivity contribution >= 4 is 28.9 Å². The van der Waals surface area contributed by atoms with Gasteiger partial charge in [-0.25, -0.2) is 9.18 Å². The van der Waals surface area contributed by atoms with Crippen molar-refractivity contribution in [3.63, 3.8) is 0 Å². The van der Waals surface area contributed by atoms with Crippen LogP contribution in [0.15, 0.2) is 42.5 Å². The van der Waals surface area contributed by atoms with Gasteiger partial charge in [-0.15, -0.1) is 0 Å². The van der Waals surface area contributed by atoms with Crippen molar-refractivity contribution in [2.45, 2.75) is 19.6 Å². The fourth-order valence-corrected chi connectivity index (χ4v) is 5.01. The zero-order valence-electron chi connectivity index (χ0n) is 17.9. The van der Waals surface area contributed by atoms with Gasteiger partial charge < -0.3 is 14.6 Å². The van der Waals surface area contributed by atoms with Crippen molar-refractivity contribution in [2.24, 2.45) is 0 Å². The molecule has 170 valence electrons. The molecule has 0 aromatic heterocycles. The molecule has 2 aromatic carbocycles. The van der Waals surface area contributed by atoms with E-state index in [9.17, 15) is 18.5 Å². The molecule has 0 unspecified atom stereocenters. The highest BCUT2D eigenvalue weighted by atomic mass is 32.2. The number of ether oxygens (including phenoxy) is 1. The molecule has 0 bridgehead atoms. The van der Waals surface area contributed by atoms with E-state index in [1.54, 1.807) is 12.1 Å². The van der Waals surface area contributed by atoms with Crippen LogP contribution in [0.3, 0.4) is 0 Å². The van der Waals surface area contributed by atoms with Gasteiger partial charge in [0.15, 0.2) is 0 Å².